The van der Waals surface area contributed by atoms with Crippen LogP contribution in [0.5, 0.6) is 0 Å². The van der Waals surface area contributed by atoms with Crippen molar-refractivity contribution < 1.29 is 8.42 Å². The zero-order chi connectivity index (χ0) is 16.6. The second-order valence-electron chi connectivity index (χ2n) is 6.17. The molecule has 24 heavy (non-hydrogen) atoms. The van der Waals surface area contributed by atoms with E-state index in [0.717, 1.165) is 30.3 Å². The fourth-order valence-electron chi connectivity index (χ4n) is 3.21. The van der Waals surface area contributed by atoms with Crippen LogP contribution < -0.4 is 4.72 Å². The minimum absolute atomic E-state index is 0.182. The number of benzene rings is 1. The maximum Gasteiger partial charge on any atom is 0.240 e. The van der Waals surface area contributed by atoms with Gasteiger partial charge in [0.2, 0.25) is 10.0 Å². The van der Waals surface area contributed by atoms with E-state index < -0.39 is 10.0 Å². The maximum atomic E-state index is 12.6. The highest BCUT2D eigenvalue weighted by atomic mass is 32.2. The molecule has 1 aromatic carbocycles. The van der Waals surface area contributed by atoms with Crippen LogP contribution in [0.3, 0.4) is 0 Å². The molecule has 0 radical (unpaired) electrons. The quantitative estimate of drug-likeness (QED) is 0.793. The molecule has 0 unspecified atom stereocenters. The van der Waals surface area contributed by atoms with Gasteiger partial charge < -0.3 is 0 Å². The lowest BCUT2D eigenvalue weighted by Crippen LogP contribution is -2.24. The second kappa shape index (κ2) is 6.03. The Kier molecular flexibility index (Phi) is 3.86. The van der Waals surface area contributed by atoms with E-state index in [1.54, 1.807) is 10.6 Å². The predicted molar refractivity (Wildman–Crippen MR) is 92.3 cm³/mol. The first kappa shape index (κ1) is 15.4. The summed E-state index contributed by atoms with van der Waals surface area (Å²) in [6, 6.07) is 13.1. The lowest BCUT2D eigenvalue weighted by molar-refractivity contribution is 0.579. The maximum absolute atomic E-state index is 12.6. The summed E-state index contributed by atoms with van der Waals surface area (Å²) in [6.45, 7) is 0.182. The number of aryl methyl sites for hydroxylation is 2. The van der Waals surface area contributed by atoms with Crippen LogP contribution >= 0.6 is 0 Å². The van der Waals surface area contributed by atoms with Gasteiger partial charge in [0.05, 0.1) is 22.7 Å². The van der Waals surface area contributed by atoms with E-state index >= 15 is 0 Å². The van der Waals surface area contributed by atoms with Gasteiger partial charge in [-0.1, -0.05) is 12.1 Å². The lowest BCUT2D eigenvalue weighted by atomic mass is 9.92. The van der Waals surface area contributed by atoms with Gasteiger partial charge in [-0.05, 0) is 67.1 Å². The predicted octanol–water partition coefficient (Wildman–Crippen LogP) is 2.69. The van der Waals surface area contributed by atoms with E-state index in [9.17, 15) is 8.42 Å². The number of rotatable bonds is 4. The van der Waals surface area contributed by atoms with Crippen molar-refractivity contribution in [2.75, 3.05) is 0 Å². The van der Waals surface area contributed by atoms with Crippen LogP contribution in [-0.2, 0) is 29.4 Å². The topological polar surface area (TPSA) is 63.5 Å². The van der Waals surface area contributed by atoms with Crippen molar-refractivity contribution in [2.24, 2.45) is 0 Å². The summed E-state index contributed by atoms with van der Waals surface area (Å²) < 4.78 is 29.5. The zero-order valence-corrected chi connectivity index (χ0v) is 14.1. The van der Waals surface area contributed by atoms with E-state index in [1.807, 2.05) is 42.6 Å². The molecule has 2 heterocycles. The number of hydrogen-bond acceptors (Lipinski definition) is 3. The van der Waals surface area contributed by atoms with Gasteiger partial charge in [0.15, 0.2) is 0 Å². The standard InChI is InChI=1S/C18H19N3O2S/c22-24(23,18-9-8-14-5-1-2-6-15(14)11-18)19-13-16-12-17-7-3-4-10-21(17)20-16/h3-4,7-12,19H,1-2,5-6,13H2. The van der Waals surface area contributed by atoms with E-state index in [-0.39, 0.29) is 6.54 Å². The van der Waals surface area contributed by atoms with Crippen LogP contribution in [0.4, 0.5) is 0 Å². The summed E-state index contributed by atoms with van der Waals surface area (Å²) in [5.74, 6) is 0. The normalized spacial score (nSPS) is 14.7. The largest absolute Gasteiger partial charge is 0.241 e. The molecule has 1 aliphatic carbocycles. The Bertz CT molecular complexity index is 959. The molecule has 6 heteroatoms. The third-order valence-electron chi connectivity index (χ3n) is 4.49. The van der Waals surface area contributed by atoms with Crippen LogP contribution in [0.1, 0.15) is 29.7 Å². The Labute approximate surface area is 141 Å². The fourth-order valence-corrected chi connectivity index (χ4v) is 4.26. The van der Waals surface area contributed by atoms with Crippen LogP contribution in [-0.4, -0.2) is 18.0 Å². The molecule has 0 spiro atoms. The number of pyridine rings is 1. The van der Waals surface area contributed by atoms with Gasteiger partial charge >= 0.3 is 0 Å². The Morgan fingerprint density at radius 2 is 1.88 bits per heavy atom. The number of fused-ring (bicyclic) bond motifs is 2. The summed E-state index contributed by atoms with van der Waals surface area (Å²) in [6.07, 6.45) is 6.17. The molecule has 124 valence electrons. The third-order valence-corrected chi connectivity index (χ3v) is 5.89. The second-order valence-corrected chi connectivity index (χ2v) is 7.93. The summed E-state index contributed by atoms with van der Waals surface area (Å²) in [7, 11) is -3.53. The van der Waals surface area contributed by atoms with E-state index in [0.29, 0.717) is 10.6 Å². The van der Waals surface area contributed by atoms with Crippen LogP contribution in [0.25, 0.3) is 5.52 Å². The Morgan fingerprint density at radius 3 is 2.71 bits per heavy atom. The van der Waals surface area contributed by atoms with E-state index in [1.165, 1.54) is 12.0 Å². The smallest absolute Gasteiger partial charge is 0.240 e. The molecule has 0 atom stereocenters. The van der Waals surface area contributed by atoms with Crippen molar-refractivity contribution in [3.05, 3.63) is 65.5 Å². The monoisotopic (exact) mass is 341 g/mol. The third kappa shape index (κ3) is 2.95. The zero-order valence-electron chi connectivity index (χ0n) is 13.3. The summed E-state index contributed by atoms with van der Waals surface area (Å²) >= 11 is 0. The number of hydrogen-bond donors (Lipinski definition) is 1. The first-order valence-electron chi connectivity index (χ1n) is 8.17. The number of nitrogens with one attached hydrogen (secondary N) is 1. The molecular weight excluding hydrogens is 322 g/mol. The van der Waals surface area contributed by atoms with Crippen molar-refractivity contribution >= 4 is 15.5 Å². The van der Waals surface area contributed by atoms with Gasteiger partial charge in [0, 0.05) is 6.20 Å². The highest BCUT2D eigenvalue weighted by Gasteiger charge is 2.18. The van der Waals surface area contributed by atoms with E-state index in [4.69, 9.17) is 0 Å². The molecule has 5 nitrogen and oxygen atoms in total. The average molecular weight is 341 g/mol. The Morgan fingerprint density at radius 1 is 1.04 bits per heavy atom. The molecule has 0 saturated carbocycles. The van der Waals surface area contributed by atoms with Crippen LogP contribution in [0.15, 0.2) is 53.6 Å². The van der Waals surface area contributed by atoms with Crippen LogP contribution in [0, 0.1) is 0 Å². The summed E-state index contributed by atoms with van der Waals surface area (Å²) in [4.78, 5) is 0.340. The van der Waals surface area contributed by atoms with Crippen molar-refractivity contribution in [1.82, 2.24) is 14.3 Å². The molecule has 0 aliphatic heterocycles. The Balaban J connectivity index is 1.54. The Hall–Kier alpha value is -2.18. The van der Waals surface area contributed by atoms with Crippen LogP contribution in [0.2, 0.25) is 0 Å². The van der Waals surface area contributed by atoms with Gasteiger partial charge in [0.1, 0.15) is 0 Å². The first-order chi connectivity index (χ1) is 11.6. The van der Waals surface area contributed by atoms with Gasteiger partial charge in [-0.25, -0.2) is 17.7 Å². The van der Waals surface area contributed by atoms with Crippen molar-refractivity contribution in [3.8, 4) is 0 Å². The van der Waals surface area contributed by atoms with Gasteiger partial charge in [-0.15, -0.1) is 0 Å². The SMILES string of the molecule is O=S(=O)(NCc1cc2ccccn2n1)c1ccc2c(c1)CCCC2. The summed E-state index contributed by atoms with van der Waals surface area (Å²) in [5, 5.41) is 4.37. The van der Waals surface area contributed by atoms with E-state index in [2.05, 4.69) is 9.82 Å². The lowest BCUT2D eigenvalue weighted by Gasteiger charge is -2.16. The minimum atomic E-state index is -3.53. The molecule has 2 aromatic heterocycles. The van der Waals surface area contributed by atoms with Gasteiger partial charge in [-0.2, -0.15) is 5.10 Å². The van der Waals surface area contributed by atoms with Gasteiger partial charge in [0.25, 0.3) is 0 Å². The van der Waals surface area contributed by atoms with Crippen molar-refractivity contribution in [3.63, 3.8) is 0 Å². The fraction of sp³-hybridized carbons (Fsp3) is 0.278. The number of sulfonamides is 1. The molecule has 1 aliphatic rings. The number of aromatic nitrogens is 2. The first-order valence-corrected chi connectivity index (χ1v) is 9.65. The van der Waals surface area contributed by atoms with Crippen molar-refractivity contribution in [1.29, 1.82) is 0 Å². The molecule has 4 rings (SSSR count). The average Bonchev–Trinajstić information content (AvgIpc) is 3.03. The summed E-state index contributed by atoms with van der Waals surface area (Å²) in [5.41, 5.74) is 4.08. The highest BCUT2D eigenvalue weighted by Crippen LogP contribution is 2.24. The molecule has 0 saturated heterocycles. The number of nitrogens with zero attached hydrogens (tertiary/aromatic N) is 2. The molecule has 0 bridgehead atoms. The molecule has 3 aromatic rings. The highest BCUT2D eigenvalue weighted by molar-refractivity contribution is 7.89. The minimum Gasteiger partial charge on any atom is -0.241 e. The van der Waals surface area contributed by atoms with Crippen molar-refractivity contribution in [2.45, 2.75) is 37.1 Å². The van der Waals surface area contributed by atoms with Gasteiger partial charge in [-0.3, -0.25) is 0 Å². The molecular formula is C18H19N3O2S. The molecule has 0 amide bonds. The molecule has 0 fully saturated rings. The molecule has 1 N–H and O–H groups in total.